The summed E-state index contributed by atoms with van der Waals surface area (Å²) in [7, 11) is -3.81. The normalized spacial score (nSPS) is 12.3. The largest absolute Gasteiger partial charge is 0.305 e. The summed E-state index contributed by atoms with van der Waals surface area (Å²) in [6.45, 7) is 4.23. The van der Waals surface area contributed by atoms with Crippen molar-refractivity contribution in [2.45, 2.75) is 25.3 Å². The predicted molar refractivity (Wildman–Crippen MR) is 112 cm³/mol. The van der Waals surface area contributed by atoms with Gasteiger partial charge < -0.3 is 4.57 Å². The first-order valence-corrected chi connectivity index (χ1v) is 11.2. The average molecular weight is 433 g/mol. The highest BCUT2D eigenvalue weighted by Gasteiger charge is 2.19. The summed E-state index contributed by atoms with van der Waals surface area (Å²) in [6, 6.07) is 9.67. The molecule has 0 aliphatic heterocycles. The lowest BCUT2D eigenvalue weighted by atomic mass is 10.1. The van der Waals surface area contributed by atoms with Crippen molar-refractivity contribution in [1.29, 1.82) is 0 Å². The quantitative estimate of drug-likeness (QED) is 0.592. The highest BCUT2D eigenvalue weighted by molar-refractivity contribution is 7.92. The van der Waals surface area contributed by atoms with Crippen molar-refractivity contribution >= 4 is 48.9 Å². The van der Waals surface area contributed by atoms with E-state index in [0.29, 0.717) is 9.82 Å². The minimum Gasteiger partial charge on any atom is -0.305 e. The van der Waals surface area contributed by atoms with Gasteiger partial charge in [0.1, 0.15) is 5.75 Å². The third kappa shape index (κ3) is 4.20. The van der Waals surface area contributed by atoms with Crippen LogP contribution in [-0.2, 0) is 21.2 Å². The highest BCUT2D eigenvalue weighted by Crippen LogP contribution is 2.22. The second-order valence-electron chi connectivity index (χ2n) is 6.30. The van der Waals surface area contributed by atoms with Gasteiger partial charge in [0.2, 0.25) is 0 Å². The van der Waals surface area contributed by atoms with Crippen LogP contribution in [-0.4, -0.2) is 24.6 Å². The molecular formula is C20H17ClN2O3S2. The number of hydrogen-bond donors (Lipinski definition) is 0. The van der Waals surface area contributed by atoms with E-state index < -0.39 is 21.5 Å². The number of thiazole rings is 1. The molecule has 0 unspecified atom stereocenters. The Balaban J connectivity index is 2.01. The Kier molecular flexibility index (Phi) is 5.75. The number of halogens is 1. The maximum absolute atomic E-state index is 12.5. The van der Waals surface area contributed by atoms with Crippen molar-refractivity contribution in [3.63, 3.8) is 0 Å². The number of carbonyl (C=O) groups excluding carboxylic acids is 1. The summed E-state index contributed by atoms with van der Waals surface area (Å²) >= 11 is 7.09. The second kappa shape index (κ2) is 7.92. The Morgan fingerprint density at radius 1 is 1.21 bits per heavy atom. The van der Waals surface area contributed by atoms with Gasteiger partial charge >= 0.3 is 0 Å². The molecule has 0 saturated heterocycles. The lowest BCUT2D eigenvalue weighted by Crippen LogP contribution is -2.20. The summed E-state index contributed by atoms with van der Waals surface area (Å²) in [6.07, 6.45) is 5.47. The number of nitrogens with zero attached hydrogens (tertiary/aromatic N) is 2. The van der Waals surface area contributed by atoms with Crippen LogP contribution in [0.3, 0.4) is 0 Å². The monoisotopic (exact) mass is 432 g/mol. The zero-order valence-corrected chi connectivity index (χ0v) is 17.7. The zero-order chi connectivity index (χ0) is 20.5. The van der Waals surface area contributed by atoms with E-state index in [1.807, 2.05) is 26.0 Å². The number of terminal acetylenes is 1. The van der Waals surface area contributed by atoms with Crippen LogP contribution in [0.4, 0.5) is 0 Å². The molecule has 3 aromatic rings. The van der Waals surface area contributed by atoms with Crippen LogP contribution in [0.2, 0.25) is 5.02 Å². The Hall–Kier alpha value is -2.40. The molecule has 1 amide bonds. The Morgan fingerprint density at radius 2 is 1.86 bits per heavy atom. The molecule has 0 aliphatic rings. The number of sulfone groups is 1. The van der Waals surface area contributed by atoms with Gasteiger partial charge in [-0.2, -0.15) is 4.99 Å². The highest BCUT2D eigenvalue weighted by atomic mass is 35.5. The van der Waals surface area contributed by atoms with E-state index in [1.165, 1.54) is 35.6 Å². The molecule has 0 N–H and O–H groups in total. The number of rotatable bonds is 4. The number of carbonyl (C=O) groups is 1. The van der Waals surface area contributed by atoms with Crippen LogP contribution in [0.5, 0.6) is 0 Å². The molecule has 1 aromatic heterocycles. The first-order valence-electron chi connectivity index (χ1n) is 8.31. The van der Waals surface area contributed by atoms with Gasteiger partial charge in [0, 0.05) is 5.02 Å². The number of amides is 1. The fourth-order valence-corrected chi connectivity index (χ4v) is 5.04. The van der Waals surface area contributed by atoms with Crippen LogP contribution in [0.1, 0.15) is 11.1 Å². The van der Waals surface area contributed by atoms with E-state index in [4.69, 9.17) is 18.0 Å². The molecule has 0 bridgehead atoms. The fourth-order valence-electron chi connectivity index (χ4n) is 2.68. The third-order valence-corrected chi connectivity index (χ3v) is 7.16. The van der Waals surface area contributed by atoms with E-state index >= 15 is 0 Å². The molecule has 0 radical (unpaired) electrons. The van der Waals surface area contributed by atoms with Gasteiger partial charge in [0.15, 0.2) is 14.6 Å². The standard InChI is InChI=1S/C20H17ClN2O3S2/c1-4-9-23-17-10-13(2)14(3)11-18(17)27-20(23)22-19(24)12-28(25,26)16-7-5-15(21)6-8-16/h1,5-8,10-11H,9,12H2,2-3H3. The van der Waals surface area contributed by atoms with E-state index in [9.17, 15) is 13.2 Å². The van der Waals surface area contributed by atoms with E-state index in [2.05, 4.69) is 10.9 Å². The summed E-state index contributed by atoms with van der Waals surface area (Å²) in [5, 5.41) is 0.418. The number of aromatic nitrogens is 1. The van der Waals surface area contributed by atoms with Crippen molar-refractivity contribution < 1.29 is 13.2 Å². The third-order valence-electron chi connectivity index (χ3n) is 4.25. The van der Waals surface area contributed by atoms with Crippen LogP contribution in [0.25, 0.3) is 10.2 Å². The van der Waals surface area contributed by atoms with Crippen molar-refractivity contribution in [2.75, 3.05) is 5.75 Å². The molecule has 0 aliphatic carbocycles. The Morgan fingerprint density at radius 3 is 2.50 bits per heavy atom. The Bertz CT molecular complexity index is 1280. The number of hydrogen-bond acceptors (Lipinski definition) is 4. The van der Waals surface area contributed by atoms with Crippen molar-refractivity contribution in [3.05, 3.63) is 57.3 Å². The van der Waals surface area contributed by atoms with Gasteiger partial charge in [0.25, 0.3) is 5.91 Å². The SMILES string of the molecule is C#CCn1c(=NC(=O)CS(=O)(=O)c2ccc(Cl)cc2)sc2cc(C)c(C)cc21. The second-order valence-corrected chi connectivity index (χ2v) is 9.73. The molecule has 0 fully saturated rings. The first-order chi connectivity index (χ1) is 13.2. The lowest BCUT2D eigenvalue weighted by molar-refractivity contribution is -0.115. The van der Waals surface area contributed by atoms with Gasteiger partial charge in [-0.1, -0.05) is 28.9 Å². The maximum atomic E-state index is 12.5. The van der Waals surface area contributed by atoms with Crippen LogP contribution in [0.15, 0.2) is 46.3 Å². The fraction of sp³-hybridized carbons (Fsp3) is 0.200. The molecule has 0 atom stereocenters. The van der Waals surface area contributed by atoms with Crippen LogP contribution < -0.4 is 4.80 Å². The summed E-state index contributed by atoms with van der Waals surface area (Å²) in [5.41, 5.74) is 3.09. The van der Waals surface area contributed by atoms with Crippen molar-refractivity contribution in [2.24, 2.45) is 4.99 Å². The van der Waals surface area contributed by atoms with Crippen molar-refractivity contribution in [1.82, 2.24) is 4.57 Å². The molecule has 0 saturated carbocycles. The molecule has 5 nitrogen and oxygen atoms in total. The molecule has 2 aromatic carbocycles. The van der Waals surface area contributed by atoms with Crippen LogP contribution in [0, 0.1) is 26.2 Å². The molecule has 0 spiro atoms. The molecule has 3 rings (SSSR count). The van der Waals surface area contributed by atoms with E-state index in [-0.39, 0.29) is 11.4 Å². The zero-order valence-electron chi connectivity index (χ0n) is 15.3. The topological polar surface area (TPSA) is 68.5 Å². The average Bonchev–Trinajstić information content (AvgIpc) is 2.92. The van der Waals surface area contributed by atoms with Gasteiger partial charge in [-0.25, -0.2) is 8.42 Å². The maximum Gasteiger partial charge on any atom is 0.263 e. The minimum atomic E-state index is -3.81. The molecular weight excluding hydrogens is 416 g/mol. The predicted octanol–water partition coefficient (Wildman–Crippen LogP) is 3.51. The van der Waals surface area contributed by atoms with Gasteiger partial charge in [-0.3, -0.25) is 4.79 Å². The van der Waals surface area contributed by atoms with Crippen molar-refractivity contribution in [3.8, 4) is 12.3 Å². The summed E-state index contributed by atoms with van der Waals surface area (Å²) < 4.78 is 27.6. The van der Waals surface area contributed by atoms with Gasteiger partial charge in [0.05, 0.1) is 21.7 Å². The molecule has 144 valence electrons. The van der Waals surface area contributed by atoms with Crippen LogP contribution >= 0.6 is 22.9 Å². The van der Waals surface area contributed by atoms with Gasteiger partial charge in [-0.15, -0.1) is 6.42 Å². The molecule has 1 heterocycles. The number of fused-ring (bicyclic) bond motifs is 1. The summed E-state index contributed by atoms with van der Waals surface area (Å²) in [5.74, 6) is 1.08. The first kappa shape index (κ1) is 20.3. The van der Waals surface area contributed by atoms with E-state index in [0.717, 1.165) is 21.3 Å². The minimum absolute atomic E-state index is 0.0274. The number of aryl methyl sites for hydroxylation is 2. The smallest absolute Gasteiger partial charge is 0.263 e. The number of benzene rings is 2. The molecule has 28 heavy (non-hydrogen) atoms. The van der Waals surface area contributed by atoms with E-state index in [1.54, 1.807) is 4.57 Å². The van der Waals surface area contributed by atoms with Gasteiger partial charge in [-0.05, 0) is 61.4 Å². The molecule has 8 heteroatoms. The summed E-state index contributed by atoms with van der Waals surface area (Å²) in [4.78, 5) is 16.9. The Labute approximate surface area is 172 Å². The lowest BCUT2D eigenvalue weighted by Gasteiger charge is -2.03.